The molecule has 2 nitrogen and oxygen atoms in total. The highest BCUT2D eigenvalue weighted by molar-refractivity contribution is 9.09. The van der Waals surface area contributed by atoms with Crippen molar-refractivity contribution in [3.63, 3.8) is 0 Å². The van der Waals surface area contributed by atoms with Crippen molar-refractivity contribution >= 4 is 45.2 Å². The van der Waals surface area contributed by atoms with E-state index in [0.717, 1.165) is 23.0 Å². The molecule has 1 aromatic carbocycles. The van der Waals surface area contributed by atoms with Gasteiger partial charge in [0.05, 0.1) is 0 Å². The lowest BCUT2D eigenvalue weighted by Gasteiger charge is -2.03. The number of allylic oxidation sites excluding steroid dienone is 1. The molecule has 1 aromatic rings. The summed E-state index contributed by atoms with van der Waals surface area (Å²) in [5.41, 5.74) is 1.93. The van der Waals surface area contributed by atoms with E-state index in [1.165, 1.54) is 0 Å². The Hall–Kier alpha value is -0.800. The number of hydrogen-bond donors (Lipinski definition) is 1. The Morgan fingerprint density at radius 1 is 1.35 bits per heavy atom. The molecule has 0 aliphatic rings. The first-order valence-electron chi connectivity index (χ1n) is 5.44. The molecule has 0 heterocycles. The highest BCUT2D eigenvalue weighted by Crippen LogP contribution is 2.11. The number of benzene rings is 1. The van der Waals surface area contributed by atoms with Gasteiger partial charge in [0.2, 0.25) is 5.91 Å². The molecule has 0 saturated carbocycles. The lowest BCUT2D eigenvalue weighted by atomic mass is 10.2. The fourth-order valence-electron chi connectivity index (χ4n) is 1.27. The van der Waals surface area contributed by atoms with E-state index in [9.17, 15) is 4.79 Å². The molecule has 4 heteroatoms. The summed E-state index contributed by atoms with van der Waals surface area (Å²) in [6.45, 7) is 0. The maximum atomic E-state index is 11.3. The van der Waals surface area contributed by atoms with E-state index in [4.69, 9.17) is 11.6 Å². The van der Waals surface area contributed by atoms with Gasteiger partial charge in [-0.25, -0.2) is 0 Å². The van der Waals surface area contributed by atoms with Crippen molar-refractivity contribution in [2.75, 3.05) is 16.5 Å². The molecule has 0 saturated heterocycles. The van der Waals surface area contributed by atoms with E-state index < -0.39 is 0 Å². The number of amides is 1. The summed E-state index contributed by atoms with van der Waals surface area (Å²) in [5, 5.41) is 3.75. The van der Waals surface area contributed by atoms with E-state index in [2.05, 4.69) is 33.4 Å². The zero-order valence-corrected chi connectivity index (χ0v) is 11.8. The van der Waals surface area contributed by atoms with E-state index in [1.807, 2.05) is 24.3 Å². The second-order valence-corrected chi connectivity index (χ2v) is 4.66. The number of carbonyl (C=O) groups is 1. The van der Waals surface area contributed by atoms with Crippen LogP contribution in [0.3, 0.4) is 0 Å². The minimum absolute atomic E-state index is 0.0532. The van der Waals surface area contributed by atoms with Crippen molar-refractivity contribution in [2.45, 2.75) is 12.8 Å². The highest BCUT2D eigenvalue weighted by Gasteiger charge is 2.00. The van der Waals surface area contributed by atoms with Crippen LogP contribution in [0.4, 0.5) is 5.69 Å². The Balaban J connectivity index is 2.52. The summed E-state index contributed by atoms with van der Waals surface area (Å²) in [6, 6.07) is 7.72. The fraction of sp³-hybridized carbons (Fsp3) is 0.308. The molecule has 0 unspecified atom stereocenters. The van der Waals surface area contributed by atoms with Crippen molar-refractivity contribution in [3.05, 3.63) is 35.9 Å². The molecule has 0 spiro atoms. The third-order valence-electron chi connectivity index (χ3n) is 2.10. The van der Waals surface area contributed by atoms with Crippen LogP contribution in [-0.4, -0.2) is 17.1 Å². The summed E-state index contributed by atoms with van der Waals surface area (Å²) < 4.78 is 0. The zero-order chi connectivity index (χ0) is 12.5. The van der Waals surface area contributed by atoms with E-state index in [0.29, 0.717) is 12.3 Å². The molecule has 1 amide bonds. The molecule has 17 heavy (non-hydrogen) atoms. The Morgan fingerprint density at radius 2 is 2.06 bits per heavy atom. The van der Waals surface area contributed by atoms with Gasteiger partial charge in [0.25, 0.3) is 0 Å². The first kappa shape index (κ1) is 14.3. The van der Waals surface area contributed by atoms with Crippen LogP contribution >= 0.6 is 27.5 Å². The number of rotatable bonds is 6. The van der Waals surface area contributed by atoms with Gasteiger partial charge >= 0.3 is 0 Å². The molecule has 0 fully saturated rings. The Bertz CT molecular complexity index is 376. The summed E-state index contributed by atoms with van der Waals surface area (Å²) in [4.78, 5) is 11.3. The Kier molecular flexibility index (Phi) is 6.97. The molecule has 0 aromatic heterocycles. The van der Waals surface area contributed by atoms with Gasteiger partial charge in [-0.2, -0.15) is 0 Å². The predicted octanol–water partition coefficient (Wildman–Crippen LogP) is 4.05. The van der Waals surface area contributed by atoms with Gasteiger partial charge in [-0.3, -0.25) is 4.79 Å². The second-order valence-electron chi connectivity index (χ2n) is 3.49. The minimum atomic E-state index is -0.0532. The quantitative estimate of drug-likeness (QED) is 0.788. The van der Waals surface area contributed by atoms with Crippen molar-refractivity contribution in [2.24, 2.45) is 0 Å². The molecule has 0 aliphatic heterocycles. The summed E-state index contributed by atoms with van der Waals surface area (Å²) in [6.07, 6.45) is 5.52. The van der Waals surface area contributed by atoms with Crippen molar-refractivity contribution in [1.29, 1.82) is 0 Å². The van der Waals surface area contributed by atoms with Gasteiger partial charge < -0.3 is 5.32 Å². The minimum Gasteiger partial charge on any atom is -0.326 e. The van der Waals surface area contributed by atoms with Gasteiger partial charge in [0, 0.05) is 23.3 Å². The standard InChI is InChI=1S/C13H15BrClNO/c14-9-2-1-3-11-4-6-12(7-5-11)16-13(17)8-10-15/h1,3-7H,2,8-10H2,(H,16,17). The first-order chi connectivity index (χ1) is 8.26. The van der Waals surface area contributed by atoms with E-state index in [-0.39, 0.29) is 5.91 Å². The van der Waals surface area contributed by atoms with Crippen LogP contribution in [0.5, 0.6) is 0 Å². The van der Waals surface area contributed by atoms with Gasteiger partial charge in [0.15, 0.2) is 0 Å². The van der Waals surface area contributed by atoms with Crippen LogP contribution in [-0.2, 0) is 4.79 Å². The maximum absolute atomic E-state index is 11.3. The second kappa shape index (κ2) is 8.31. The molecule has 0 radical (unpaired) electrons. The predicted molar refractivity (Wildman–Crippen MR) is 77.9 cm³/mol. The molecular formula is C13H15BrClNO. The fourth-order valence-corrected chi connectivity index (χ4v) is 1.71. The van der Waals surface area contributed by atoms with E-state index in [1.54, 1.807) is 0 Å². The number of nitrogens with one attached hydrogen (secondary N) is 1. The Morgan fingerprint density at radius 3 is 2.65 bits per heavy atom. The van der Waals surface area contributed by atoms with Crippen LogP contribution in [0.15, 0.2) is 30.3 Å². The van der Waals surface area contributed by atoms with Crippen LogP contribution in [0, 0.1) is 0 Å². The van der Waals surface area contributed by atoms with Crippen molar-refractivity contribution in [1.82, 2.24) is 0 Å². The van der Waals surface area contributed by atoms with Crippen molar-refractivity contribution < 1.29 is 4.79 Å². The van der Waals surface area contributed by atoms with Crippen LogP contribution in [0.1, 0.15) is 18.4 Å². The monoisotopic (exact) mass is 315 g/mol. The summed E-state index contributed by atoms with van der Waals surface area (Å²) >= 11 is 8.85. The van der Waals surface area contributed by atoms with Gasteiger partial charge in [-0.05, 0) is 24.1 Å². The number of hydrogen-bond acceptors (Lipinski definition) is 1. The van der Waals surface area contributed by atoms with Gasteiger partial charge in [-0.15, -0.1) is 11.6 Å². The van der Waals surface area contributed by atoms with Crippen molar-refractivity contribution in [3.8, 4) is 0 Å². The lowest BCUT2D eigenvalue weighted by Crippen LogP contribution is -2.11. The first-order valence-corrected chi connectivity index (χ1v) is 7.10. The van der Waals surface area contributed by atoms with Gasteiger partial charge in [-0.1, -0.05) is 40.2 Å². The number of carbonyl (C=O) groups excluding carboxylic acids is 1. The largest absolute Gasteiger partial charge is 0.326 e. The SMILES string of the molecule is O=C(CCCl)Nc1ccc(C=CCCBr)cc1. The normalized spacial score (nSPS) is 10.7. The molecule has 0 atom stereocenters. The number of anilines is 1. The van der Waals surface area contributed by atoms with Crippen LogP contribution < -0.4 is 5.32 Å². The molecule has 92 valence electrons. The molecule has 1 rings (SSSR count). The van der Waals surface area contributed by atoms with E-state index >= 15 is 0 Å². The lowest BCUT2D eigenvalue weighted by molar-refractivity contribution is -0.115. The van der Waals surface area contributed by atoms with Crippen LogP contribution in [0.25, 0.3) is 6.08 Å². The summed E-state index contributed by atoms with van der Waals surface area (Å²) in [5.74, 6) is 0.293. The molecule has 1 N–H and O–H groups in total. The van der Waals surface area contributed by atoms with Gasteiger partial charge in [0.1, 0.15) is 0 Å². The molecule has 0 bridgehead atoms. The number of halogens is 2. The smallest absolute Gasteiger partial charge is 0.225 e. The average molecular weight is 317 g/mol. The molecule has 0 aliphatic carbocycles. The highest BCUT2D eigenvalue weighted by atomic mass is 79.9. The third-order valence-corrected chi connectivity index (χ3v) is 2.75. The number of alkyl halides is 2. The molecular weight excluding hydrogens is 302 g/mol. The van der Waals surface area contributed by atoms with Crippen LogP contribution in [0.2, 0.25) is 0 Å². The zero-order valence-electron chi connectivity index (χ0n) is 9.46. The average Bonchev–Trinajstić information content (AvgIpc) is 2.32. The topological polar surface area (TPSA) is 29.1 Å². The maximum Gasteiger partial charge on any atom is 0.225 e. The summed E-state index contributed by atoms with van der Waals surface area (Å²) in [7, 11) is 0. The third kappa shape index (κ3) is 5.89. The Labute approximate surface area is 115 Å².